The summed E-state index contributed by atoms with van der Waals surface area (Å²) < 4.78 is 0. The van der Waals surface area contributed by atoms with Crippen LogP contribution in [0.15, 0.2) is 18.2 Å². The number of carbonyl (C=O) groups is 2. The van der Waals surface area contributed by atoms with Gasteiger partial charge in [0.1, 0.15) is 0 Å². The van der Waals surface area contributed by atoms with Crippen LogP contribution in [0.4, 0.5) is 5.69 Å². The molecule has 0 fully saturated rings. The van der Waals surface area contributed by atoms with Crippen molar-refractivity contribution in [1.82, 2.24) is 5.32 Å². The van der Waals surface area contributed by atoms with Crippen LogP contribution in [0.3, 0.4) is 0 Å². The normalized spacial score (nSPS) is 18.6. The van der Waals surface area contributed by atoms with Gasteiger partial charge in [-0.1, -0.05) is 13.3 Å². The van der Waals surface area contributed by atoms with Crippen LogP contribution < -0.4 is 10.6 Å². The van der Waals surface area contributed by atoms with Crippen LogP contribution in [0.5, 0.6) is 0 Å². The van der Waals surface area contributed by atoms with Crippen molar-refractivity contribution >= 4 is 17.4 Å². The van der Waals surface area contributed by atoms with Crippen LogP contribution in [-0.2, 0) is 4.79 Å². The predicted octanol–water partition coefficient (Wildman–Crippen LogP) is 2.70. The third-order valence-electron chi connectivity index (χ3n) is 3.83. The lowest BCUT2D eigenvalue weighted by Crippen LogP contribution is -2.34. The summed E-state index contributed by atoms with van der Waals surface area (Å²) in [6.07, 6.45) is 2.18. The number of rotatable bonds is 6. The van der Waals surface area contributed by atoms with Gasteiger partial charge in [-0.2, -0.15) is 0 Å². The van der Waals surface area contributed by atoms with Gasteiger partial charge in [-0.05, 0) is 50.6 Å². The molecule has 4 nitrogen and oxygen atoms in total. The number of carbonyl (C=O) groups excluding carboxylic acids is 2. The predicted molar refractivity (Wildman–Crippen MR) is 80.2 cm³/mol. The number of hydrogen-bond donors (Lipinski definition) is 2. The zero-order valence-corrected chi connectivity index (χ0v) is 12.3. The van der Waals surface area contributed by atoms with Gasteiger partial charge in [0.15, 0.2) is 5.78 Å². The third kappa shape index (κ3) is 2.90. The molecule has 0 spiro atoms. The van der Waals surface area contributed by atoms with Crippen molar-refractivity contribution in [3.05, 3.63) is 29.3 Å². The molecule has 2 N–H and O–H groups in total. The average Bonchev–Trinajstić information content (AvgIpc) is 2.73. The molecule has 1 heterocycles. The van der Waals surface area contributed by atoms with Crippen molar-refractivity contribution < 1.29 is 9.59 Å². The first-order valence-electron chi connectivity index (χ1n) is 7.27. The molecular formula is C16H22N2O2. The first kappa shape index (κ1) is 14.7. The highest BCUT2D eigenvalue weighted by atomic mass is 16.2. The quantitative estimate of drug-likeness (QED) is 0.619. The summed E-state index contributed by atoms with van der Waals surface area (Å²) in [6.45, 7) is 6.72. The smallest absolute Gasteiger partial charge is 0.231 e. The molecule has 1 aliphatic rings. The van der Waals surface area contributed by atoms with E-state index >= 15 is 0 Å². The van der Waals surface area contributed by atoms with E-state index in [1.54, 1.807) is 6.07 Å². The number of anilines is 1. The fraction of sp³-hybridized carbons (Fsp3) is 0.500. The molecule has 0 saturated heterocycles. The molecule has 2 unspecified atom stereocenters. The Morgan fingerprint density at radius 3 is 2.90 bits per heavy atom. The number of Topliss-reactive ketones (excluding diaryl/α,β-unsaturated/α-hetero) is 1. The van der Waals surface area contributed by atoms with E-state index in [1.807, 2.05) is 26.0 Å². The minimum atomic E-state index is -0.194. The van der Waals surface area contributed by atoms with Crippen molar-refractivity contribution in [3.8, 4) is 0 Å². The van der Waals surface area contributed by atoms with E-state index in [1.165, 1.54) is 0 Å². The van der Waals surface area contributed by atoms with E-state index in [0.29, 0.717) is 5.56 Å². The minimum absolute atomic E-state index is 0.00119. The zero-order chi connectivity index (χ0) is 14.7. The topological polar surface area (TPSA) is 58.2 Å². The largest absolute Gasteiger partial charge is 0.325 e. The molecule has 0 aromatic heterocycles. The molecule has 108 valence electrons. The maximum atomic E-state index is 12.4. The van der Waals surface area contributed by atoms with Gasteiger partial charge in [-0.3, -0.25) is 9.59 Å². The van der Waals surface area contributed by atoms with E-state index in [0.717, 1.165) is 30.6 Å². The number of fused-ring (bicyclic) bond motifs is 1. The molecule has 0 bridgehead atoms. The van der Waals surface area contributed by atoms with Crippen LogP contribution in [-0.4, -0.2) is 24.3 Å². The number of unbranched alkanes of at least 4 members (excludes halogenated alkanes) is 1. The fourth-order valence-corrected chi connectivity index (χ4v) is 2.41. The number of amides is 1. The molecule has 0 aliphatic carbocycles. The van der Waals surface area contributed by atoms with Gasteiger partial charge < -0.3 is 10.6 Å². The van der Waals surface area contributed by atoms with Crippen LogP contribution >= 0.6 is 0 Å². The maximum Gasteiger partial charge on any atom is 0.231 e. The van der Waals surface area contributed by atoms with Gasteiger partial charge in [0, 0.05) is 11.3 Å². The molecular weight excluding hydrogens is 252 g/mol. The highest BCUT2D eigenvalue weighted by Gasteiger charge is 2.27. The van der Waals surface area contributed by atoms with Gasteiger partial charge in [0.05, 0.1) is 12.0 Å². The summed E-state index contributed by atoms with van der Waals surface area (Å²) >= 11 is 0. The Morgan fingerprint density at radius 1 is 1.45 bits per heavy atom. The second-order valence-corrected chi connectivity index (χ2v) is 5.41. The monoisotopic (exact) mass is 274 g/mol. The summed E-state index contributed by atoms with van der Waals surface area (Å²) in [5.74, 6) is -0.102. The Kier molecular flexibility index (Phi) is 4.55. The van der Waals surface area contributed by atoms with Crippen molar-refractivity contribution in [2.45, 2.75) is 45.6 Å². The molecule has 2 atom stereocenters. The molecule has 1 aliphatic heterocycles. The molecule has 1 aromatic rings. The zero-order valence-electron chi connectivity index (χ0n) is 12.3. The first-order valence-corrected chi connectivity index (χ1v) is 7.27. The maximum absolute atomic E-state index is 12.4. The first-order chi connectivity index (χ1) is 9.54. The summed E-state index contributed by atoms with van der Waals surface area (Å²) in [6, 6.07) is 5.26. The molecule has 0 saturated carbocycles. The minimum Gasteiger partial charge on any atom is -0.325 e. The third-order valence-corrected chi connectivity index (χ3v) is 3.83. The molecule has 1 aromatic carbocycles. The number of nitrogens with one attached hydrogen (secondary N) is 2. The van der Waals surface area contributed by atoms with Gasteiger partial charge in [-0.25, -0.2) is 0 Å². The summed E-state index contributed by atoms with van der Waals surface area (Å²) in [7, 11) is 0. The second-order valence-electron chi connectivity index (χ2n) is 5.41. The van der Waals surface area contributed by atoms with Crippen LogP contribution in [0.2, 0.25) is 0 Å². The second kappa shape index (κ2) is 6.18. The van der Waals surface area contributed by atoms with Gasteiger partial charge in [-0.15, -0.1) is 0 Å². The van der Waals surface area contributed by atoms with Crippen LogP contribution in [0, 0.1) is 0 Å². The van der Waals surface area contributed by atoms with Gasteiger partial charge >= 0.3 is 0 Å². The highest BCUT2D eigenvalue weighted by Crippen LogP contribution is 2.32. The Balaban J connectivity index is 2.10. The van der Waals surface area contributed by atoms with Crippen LogP contribution in [0.1, 0.15) is 55.5 Å². The van der Waals surface area contributed by atoms with E-state index in [9.17, 15) is 9.59 Å². The summed E-state index contributed by atoms with van der Waals surface area (Å²) in [4.78, 5) is 24.0. The van der Waals surface area contributed by atoms with Gasteiger partial charge in [0.2, 0.25) is 5.91 Å². The van der Waals surface area contributed by atoms with E-state index in [-0.39, 0.29) is 23.7 Å². The molecule has 2 rings (SSSR count). The lowest BCUT2D eigenvalue weighted by atomic mass is 9.97. The number of ketones is 1. The Labute approximate surface area is 119 Å². The standard InChI is InChI=1S/C16H22N2O2/c1-4-5-8-17-11(3)15(19)12-6-7-14-13(9-12)10(2)16(20)18-14/h6-7,9-11,17H,4-5,8H2,1-3H3,(H,18,20). The van der Waals surface area contributed by atoms with Gasteiger partial charge in [0.25, 0.3) is 0 Å². The SMILES string of the molecule is CCCCNC(C)C(=O)c1ccc2c(c1)C(C)C(=O)N2. The lowest BCUT2D eigenvalue weighted by Gasteiger charge is -2.13. The van der Waals surface area contributed by atoms with E-state index < -0.39 is 0 Å². The summed E-state index contributed by atoms with van der Waals surface area (Å²) in [5, 5.41) is 6.06. The lowest BCUT2D eigenvalue weighted by molar-refractivity contribution is -0.116. The van der Waals surface area contributed by atoms with E-state index in [4.69, 9.17) is 0 Å². The fourth-order valence-electron chi connectivity index (χ4n) is 2.41. The molecule has 20 heavy (non-hydrogen) atoms. The van der Waals surface area contributed by atoms with Crippen molar-refractivity contribution in [3.63, 3.8) is 0 Å². The molecule has 1 amide bonds. The van der Waals surface area contributed by atoms with Crippen LogP contribution in [0.25, 0.3) is 0 Å². The van der Waals surface area contributed by atoms with Crippen molar-refractivity contribution in [2.75, 3.05) is 11.9 Å². The van der Waals surface area contributed by atoms with Crippen molar-refractivity contribution in [1.29, 1.82) is 0 Å². The van der Waals surface area contributed by atoms with Crippen molar-refractivity contribution in [2.24, 2.45) is 0 Å². The highest BCUT2D eigenvalue weighted by molar-refractivity contribution is 6.05. The Bertz CT molecular complexity index is 525. The molecule has 0 radical (unpaired) electrons. The number of benzene rings is 1. The van der Waals surface area contributed by atoms with E-state index in [2.05, 4.69) is 17.6 Å². The summed E-state index contributed by atoms with van der Waals surface area (Å²) in [5.41, 5.74) is 2.41. The number of hydrogen-bond acceptors (Lipinski definition) is 3. The average molecular weight is 274 g/mol. The Hall–Kier alpha value is -1.68. The Morgan fingerprint density at radius 2 is 2.20 bits per heavy atom. The molecule has 4 heteroatoms.